The molecule has 0 aliphatic rings. The number of amides is 1. The molecule has 0 bridgehead atoms. The quantitative estimate of drug-likeness (QED) is 0.846. The molecule has 0 radical (unpaired) electrons. The van der Waals surface area contributed by atoms with Gasteiger partial charge in [0.15, 0.2) is 6.61 Å². The molecule has 0 aliphatic carbocycles. The molecule has 6 nitrogen and oxygen atoms in total. The number of anilines is 1. The number of nitrogens with one attached hydrogen (secondary N) is 1. The Hall–Kier alpha value is -3.15. The van der Waals surface area contributed by atoms with Crippen LogP contribution in [0.1, 0.15) is 31.8 Å². The average Bonchev–Trinajstić information content (AvgIpc) is 2.62. The summed E-state index contributed by atoms with van der Waals surface area (Å²) in [5.74, 6) is -1.56. The van der Waals surface area contributed by atoms with Crippen molar-refractivity contribution in [2.75, 3.05) is 19.0 Å². The van der Waals surface area contributed by atoms with Crippen LogP contribution in [0, 0.1) is 13.8 Å². The van der Waals surface area contributed by atoms with Gasteiger partial charge in [-0.15, -0.1) is 0 Å². The van der Waals surface area contributed by atoms with Gasteiger partial charge in [0.05, 0.1) is 18.2 Å². The van der Waals surface area contributed by atoms with Gasteiger partial charge in [0.2, 0.25) is 0 Å². The van der Waals surface area contributed by atoms with Crippen molar-refractivity contribution in [2.24, 2.45) is 0 Å². The summed E-state index contributed by atoms with van der Waals surface area (Å²) in [5, 5.41) is 2.74. The van der Waals surface area contributed by atoms with E-state index in [4.69, 9.17) is 4.74 Å². The van der Waals surface area contributed by atoms with E-state index in [0.717, 1.165) is 11.1 Å². The summed E-state index contributed by atoms with van der Waals surface area (Å²) in [7, 11) is 1.28. The van der Waals surface area contributed by atoms with E-state index in [-0.39, 0.29) is 5.56 Å². The van der Waals surface area contributed by atoms with Gasteiger partial charge < -0.3 is 14.8 Å². The second kappa shape index (κ2) is 8.10. The summed E-state index contributed by atoms with van der Waals surface area (Å²) in [6, 6.07) is 11.5. The topological polar surface area (TPSA) is 81.7 Å². The van der Waals surface area contributed by atoms with Crippen LogP contribution in [0.15, 0.2) is 42.5 Å². The molecular formula is C19H19NO5. The van der Waals surface area contributed by atoms with Gasteiger partial charge in [-0.1, -0.05) is 18.2 Å². The van der Waals surface area contributed by atoms with Crippen LogP contribution >= 0.6 is 0 Å². The van der Waals surface area contributed by atoms with Gasteiger partial charge in [0.1, 0.15) is 0 Å². The minimum Gasteiger partial charge on any atom is -0.465 e. The van der Waals surface area contributed by atoms with Crippen molar-refractivity contribution in [1.82, 2.24) is 0 Å². The number of rotatable bonds is 5. The van der Waals surface area contributed by atoms with E-state index < -0.39 is 24.5 Å². The number of para-hydroxylation sites is 1. The van der Waals surface area contributed by atoms with Crippen LogP contribution in [-0.2, 0) is 14.3 Å². The van der Waals surface area contributed by atoms with Crippen molar-refractivity contribution < 1.29 is 23.9 Å². The first-order valence-electron chi connectivity index (χ1n) is 7.64. The summed E-state index contributed by atoms with van der Waals surface area (Å²) in [6.07, 6.45) is 0. The lowest BCUT2D eigenvalue weighted by Gasteiger charge is -2.11. The lowest BCUT2D eigenvalue weighted by molar-refractivity contribution is -0.119. The highest BCUT2D eigenvalue weighted by Crippen LogP contribution is 2.19. The molecule has 0 saturated carbocycles. The Morgan fingerprint density at radius 1 is 0.880 bits per heavy atom. The highest BCUT2D eigenvalue weighted by atomic mass is 16.5. The van der Waals surface area contributed by atoms with Crippen molar-refractivity contribution in [1.29, 1.82) is 0 Å². The molecule has 2 rings (SSSR count). The summed E-state index contributed by atoms with van der Waals surface area (Å²) >= 11 is 0. The van der Waals surface area contributed by atoms with E-state index in [1.807, 2.05) is 32.0 Å². The van der Waals surface area contributed by atoms with Gasteiger partial charge >= 0.3 is 11.9 Å². The zero-order valence-electron chi connectivity index (χ0n) is 14.3. The molecule has 0 fully saturated rings. The van der Waals surface area contributed by atoms with Gasteiger partial charge in [-0.25, -0.2) is 9.59 Å². The normalized spacial score (nSPS) is 10.0. The van der Waals surface area contributed by atoms with Crippen molar-refractivity contribution in [3.8, 4) is 0 Å². The highest BCUT2D eigenvalue weighted by Gasteiger charge is 2.13. The molecule has 2 aromatic carbocycles. The number of benzene rings is 2. The number of aryl methyl sites for hydroxylation is 2. The molecular weight excluding hydrogens is 322 g/mol. The minimum absolute atomic E-state index is 0.243. The number of carbonyl (C=O) groups excluding carboxylic acids is 3. The molecule has 25 heavy (non-hydrogen) atoms. The standard InChI is InChI=1S/C19H19NO5/c1-12-5-4-6-13(2)17(12)20-16(21)11-25-19(23)15-9-7-14(8-10-15)18(22)24-3/h4-10H,11H2,1-3H3,(H,20,21). The summed E-state index contributed by atoms with van der Waals surface area (Å²) in [6.45, 7) is 3.38. The third-order valence-corrected chi connectivity index (χ3v) is 3.62. The SMILES string of the molecule is COC(=O)c1ccc(C(=O)OCC(=O)Nc2c(C)cccc2C)cc1. The monoisotopic (exact) mass is 341 g/mol. The zero-order valence-corrected chi connectivity index (χ0v) is 14.3. The van der Waals surface area contributed by atoms with Crippen LogP contribution < -0.4 is 5.32 Å². The first kappa shape index (κ1) is 18.2. The molecule has 6 heteroatoms. The van der Waals surface area contributed by atoms with Gasteiger partial charge in [-0.05, 0) is 49.2 Å². The predicted octanol–water partition coefficient (Wildman–Crippen LogP) is 2.89. The fourth-order valence-electron chi connectivity index (χ4n) is 2.26. The van der Waals surface area contributed by atoms with Gasteiger partial charge in [0, 0.05) is 5.69 Å². The van der Waals surface area contributed by atoms with Gasteiger partial charge in [-0.2, -0.15) is 0 Å². The zero-order chi connectivity index (χ0) is 18.4. The predicted molar refractivity (Wildman–Crippen MR) is 92.6 cm³/mol. The maximum Gasteiger partial charge on any atom is 0.338 e. The van der Waals surface area contributed by atoms with Crippen LogP contribution in [0.25, 0.3) is 0 Å². The number of hydrogen-bond acceptors (Lipinski definition) is 5. The Kier molecular flexibility index (Phi) is 5.89. The third kappa shape index (κ3) is 4.67. The summed E-state index contributed by atoms with van der Waals surface area (Å²) < 4.78 is 9.58. The van der Waals surface area contributed by atoms with E-state index in [1.54, 1.807) is 0 Å². The van der Waals surface area contributed by atoms with Crippen molar-refractivity contribution in [3.05, 3.63) is 64.7 Å². The second-order valence-electron chi connectivity index (χ2n) is 5.46. The Morgan fingerprint density at radius 2 is 1.40 bits per heavy atom. The lowest BCUT2D eigenvalue weighted by Crippen LogP contribution is -2.21. The third-order valence-electron chi connectivity index (χ3n) is 3.62. The van der Waals surface area contributed by atoms with E-state index in [1.165, 1.54) is 31.4 Å². The molecule has 0 unspecified atom stereocenters. The number of methoxy groups -OCH3 is 1. The lowest BCUT2D eigenvalue weighted by atomic mass is 10.1. The van der Waals surface area contributed by atoms with Gasteiger partial charge in [-0.3, -0.25) is 4.79 Å². The first-order valence-corrected chi connectivity index (χ1v) is 7.64. The maximum absolute atomic E-state index is 12.0. The van der Waals surface area contributed by atoms with E-state index in [2.05, 4.69) is 10.1 Å². The van der Waals surface area contributed by atoms with Crippen LogP contribution in [0.4, 0.5) is 5.69 Å². The number of hydrogen-bond donors (Lipinski definition) is 1. The first-order chi connectivity index (χ1) is 11.9. The minimum atomic E-state index is -0.645. The molecule has 0 aromatic heterocycles. The van der Waals surface area contributed by atoms with Crippen LogP contribution in [0.5, 0.6) is 0 Å². The largest absolute Gasteiger partial charge is 0.465 e. The van der Waals surface area contributed by atoms with Crippen LogP contribution in [0.2, 0.25) is 0 Å². The van der Waals surface area contributed by atoms with Gasteiger partial charge in [0.25, 0.3) is 5.91 Å². The molecule has 0 aliphatic heterocycles. The Bertz CT molecular complexity index is 776. The fourth-order valence-corrected chi connectivity index (χ4v) is 2.26. The maximum atomic E-state index is 12.0. The molecule has 0 atom stereocenters. The Balaban J connectivity index is 1.93. The number of ether oxygens (including phenoxy) is 2. The Morgan fingerprint density at radius 3 is 1.92 bits per heavy atom. The van der Waals surface area contributed by atoms with Crippen molar-refractivity contribution >= 4 is 23.5 Å². The van der Waals surface area contributed by atoms with E-state index in [0.29, 0.717) is 11.3 Å². The fraction of sp³-hybridized carbons (Fsp3) is 0.211. The second-order valence-corrected chi connectivity index (χ2v) is 5.46. The number of esters is 2. The van der Waals surface area contributed by atoms with Crippen molar-refractivity contribution in [2.45, 2.75) is 13.8 Å². The molecule has 2 aromatic rings. The molecule has 1 N–H and O–H groups in total. The smallest absolute Gasteiger partial charge is 0.338 e. The van der Waals surface area contributed by atoms with Crippen LogP contribution in [0.3, 0.4) is 0 Å². The molecule has 0 heterocycles. The van der Waals surface area contributed by atoms with Crippen LogP contribution in [-0.4, -0.2) is 31.6 Å². The highest BCUT2D eigenvalue weighted by molar-refractivity contribution is 5.97. The molecule has 0 saturated heterocycles. The van der Waals surface area contributed by atoms with E-state index >= 15 is 0 Å². The number of carbonyl (C=O) groups is 3. The Labute approximate surface area is 145 Å². The summed E-state index contributed by atoms with van der Waals surface area (Å²) in [5.41, 5.74) is 3.14. The average molecular weight is 341 g/mol. The molecule has 130 valence electrons. The molecule has 1 amide bonds. The summed E-state index contributed by atoms with van der Waals surface area (Å²) in [4.78, 5) is 35.3. The van der Waals surface area contributed by atoms with E-state index in [9.17, 15) is 14.4 Å². The molecule has 0 spiro atoms. The van der Waals surface area contributed by atoms with Crippen molar-refractivity contribution in [3.63, 3.8) is 0 Å².